The molecule has 0 aromatic heterocycles. The Bertz CT molecular complexity index is 48.9. The van der Waals surface area contributed by atoms with Crippen molar-refractivity contribution in [2.75, 3.05) is 0 Å². The summed E-state index contributed by atoms with van der Waals surface area (Å²) in [4.78, 5) is 0. The predicted molar refractivity (Wildman–Crippen MR) is 38.9 cm³/mol. The van der Waals surface area contributed by atoms with Crippen LogP contribution in [-0.2, 0) is 21.1 Å². The van der Waals surface area contributed by atoms with Crippen molar-refractivity contribution in [1.82, 2.24) is 0 Å². The molecule has 0 fully saturated rings. The van der Waals surface area contributed by atoms with Crippen LogP contribution in [0.5, 0.6) is 0 Å². The van der Waals surface area contributed by atoms with Crippen LogP contribution in [0.1, 0.15) is 20.8 Å². The third-order valence-electron chi connectivity index (χ3n) is 1.80. The maximum atomic E-state index is 5.43. The van der Waals surface area contributed by atoms with Crippen molar-refractivity contribution in [3.05, 3.63) is 6.42 Å². The monoisotopic (exact) mass is 293 g/mol. The minimum atomic E-state index is 0. The molecule has 0 aromatic rings. The molecule has 0 aromatic carbocycles. The quantitative estimate of drug-likeness (QED) is 0.552. The van der Waals surface area contributed by atoms with Crippen molar-refractivity contribution < 1.29 is 21.1 Å². The van der Waals surface area contributed by atoms with Crippen molar-refractivity contribution in [2.45, 2.75) is 27.1 Å². The molecule has 0 bridgehead atoms. The summed E-state index contributed by atoms with van der Waals surface area (Å²) in [7, 11) is 5.43. The zero-order valence-corrected chi connectivity index (χ0v) is 9.36. The molecule has 0 heterocycles. The predicted octanol–water partition coefficient (Wildman–Crippen LogP) is 2.07. The second-order valence-corrected chi connectivity index (χ2v) is 2.41. The number of hydrogen-bond acceptors (Lipinski definition) is 0. The topological polar surface area (TPSA) is 0 Å². The summed E-state index contributed by atoms with van der Waals surface area (Å²) in [5, 5.41) is 0. The second kappa shape index (κ2) is 6.87. The van der Waals surface area contributed by atoms with E-state index in [0.717, 1.165) is 6.32 Å². The van der Waals surface area contributed by atoms with Gasteiger partial charge in [0, 0.05) is 21.1 Å². The summed E-state index contributed by atoms with van der Waals surface area (Å²) < 4.78 is 0. The Morgan fingerprint density at radius 3 is 2.00 bits per heavy atom. The normalized spacial score (nSPS) is 15.9. The third kappa shape index (κ3) is 5.21. The Labute approximate surface area is 74.5 Å². The molecular weight excluding hydrogens is 279 g/mol. The van der Waals surface area contributed by atoms with Crippen LogP contribution in [0.15, 0.2) is 0 Å². The van der Waals surface area contributed by atoms with Crippen LogP contribution < -0.4 is 0 Å². The molecule has 2 radical (unpaired) electrons. The fraction of sp³-hybridized carbons (Fsp3) is 0.857. The first-order chi connectivity index (χ1) is 3.72. The zero-order chi connectivity index (χ0) is 6.57. The molecule has 0 saturated carbocycles. The SMILES string of the molecule is [B]CC(C)[C@H](C)[CH-]C.[W]. The van der Waals surface area contributed by atoms with Gasteiger partial charge in [-0.3, -0.25) is 0 Å². The largest absolute Gasteiger partial charge is 0.329 e. The molecule has 0 nitrogen and oxygen atoms in total. The van der Waals surface area contributed by atoms with E-state index in [9.17, 15) is 0 Å². The zero-order valence-electron chi connectivity index (χ0n) is 6.42. The van der Waals surface area contributed by atoms with Gasteiger partial charge < -0.3 is 6.42 Å². The third-order valence-corrected chi connectivity index (χ3v) is 1.80. The van der Waals surface area contributed by atoms with Crippen molar-refractivity contribution in [2.24, 2.45) is 11.8 Å². The summed E-state index contributed by atoms with van der Waals surface area (Å²) in [5.41, 5.74) is 0. The van der Waals surface area contributed by atoms with Gasteiger partial charge in [0.25, 0.3) is 0 Å². The second-order valence-electron chi connectivity index (χ2n) is 2.41. The summed E-state index contributed by atoms with van der Waals surface area (Å²) in [6.45, 7) is 6.44. The smallest absolute Gasteiger partial charge is 0.0655 e. The van der Waals surface area contributed by atoms with E-state index in [-0.39, 0.29) is 21.1 Å². The van der Waals surface area contributed by atoms with Gasteiger partial charge in [-0.05, 0) is 0 Å². The first kappa shape index (κ1) is 12.4. The van der Waals surface area contributed by atoms with Gasteiger partial charge in [-0.1, -0.05) is 26.1 Å². The van der Waals surface area contributed by atoms with Gasteiger partial charge in [-0.2, -0.15) is 12.8 Å². The fourth-order valence-electron chi connectivity index (χ4n) is 0.543. The number of rotatable bonds is 3. The molecule has 0 spiro atoms. The fourth-order valence-corrected chi connectivity index (χ4v) is 0.543. The van der Waals surface area contributed by atoms with Crippen LogP contribution in [0.4, 0.5) is 0 Å². The van der Waals surface area contributed by atoms with Crippen LogP contribution in [0.2, 0.25) is 6.32 Å². The van der Waals surface area contributed by atoms with Crippen LogP contribution in [0, 0.1) is 18.3 Å². The van der Waals surface area contributed by atoms with Crippen LogP contribution >= 0.6 is 0 Å². The molecule has 0 amide bonds. The van der Waals surface area contributed by atoms with Gasteiger partial charge >= 0.3 is 0 Å². The molecule has 52 valence electrons. The average Bonchev–Trinajstić information content (AvgIpc) is 1.84. The molecule has 0 N–H and O–H groups in total. The van der Waals surface area contributed by atoms with E-state index in [2.05, 4.69) is 27.2 Å². The van der Waals surface area contributed by atoms with Gasteiger partial charge in [-0.15, -0.1) is 0 Å². The van der Waals surface area contributed by atoms with Crippen LogP contribution in [0.25, 0.3) is 0 Å². The van der Waals surface area contributed by atoms with E-state index in [0.29, 0.717) is 11.8 Å². The van der Waals surface area contributed by atoms with Gasteiger partial charge in [-0.25, -0.2) is 0 Å². The maximum absolute atomic E-state index is 5.43. The van der Waals surface area contributed by atoms with Crippen molar-refractivity contribution in [1.29, 1.82) is 0 Å². The first-order valence-corrected chi connectivity index (χ1v) is 3.22. The average molecular weight is 293 g/mol. The summed E-state index contributed by atoms with van der Waals surface area (Å²) in [5.74, 6) is 1.31. The van der Waals surface area contributed by atoms with E-state index in [4.69, 9.17) is 7.85 Å². The Balaban J connectivity index is 0. The molecule has 2 heteroatoms. The molecule has 0 saturated heterocycles. The van der Waals surface area contributed by atoms with E-state index >= 15 is 0 Å². The molecular formula is C7H14BW-. The molecule has 2 atom stereocenters. The van der Waals surface area contributed by atoms with Crippen LogP contribution in [0.3, 0.4) is 0 Å². The summed E-state index contributed by atoms with van der Waals surface area (Å²) >= 11 is 0. The molecule has 9 heavy (non-hydrogen) atoms. The van der Waals surface area contributed by atoms with Crippen molar-refractivity contribution >= 4 is 7.85 Å². The minimum Gasteiger partial charge on any atom is -0.329 e. The Hall–Kier alpha value is 0.753. The molecule has 0 aliphatic rings. The summed E-state index contributed by atoms with van der Waals surface area (Å²) in [6, 6.07) is 0. The molecule has 0 aliphatic heterocycles. The summed E-state index contributed by atoms with van der Waals surface area (Å²) in [6.07, 6.45) is 2.99. The van der Waals surface area contributed by atoms with E-state index < -0.39 is 0 Å². The molecule has 1 unspecified atom stereocenters. The Kier molecular flexibility index (Phi) is 9.49. The Morgan fingerprint density at radius 2 is 1.89 bits per heavy atom. The van der Waals surface area contributed by atoms with Crippen LogP contribution in [-0.4, -0.2) is 7.85 Å². The molecule has 0 rings (SSSR count). The van der Waals surface area contributed by atoms with Gasteiger partial charge in [0.05, 0.1) is 7.85 Å². The van der Waals surface area contributed by atoms with Crippen molar-refractivity contribution in [3.8, 4) is 0 Å². The van der Waals surface area contributed by atoms with Crippen molar-refractivity contribution in [3.63, 3.8) is 0 Å². The van der Waals surface area contributed by atoms with Gasteiger partial charge in [0.15, 0.2) is 0 Å². The first-order valence-electron chi connectivity index (χ1n) is 3.22. The van der Waals surface area contributed by atoms with E-state index in [1.54, 1.807) is 0 Å². The molecule has 0 aliphatic carbocycles. The van der Waals surface area contributed by atoms with E-state index in [1.165, 1.54) is 0 Å². The van der Waals surface area contributed by atoms with Gasteiger partial charge in [0.2, 0.25) is 0 Å². The minimum absolute atomic E-state index is 0. The van der Waals surface area contributed by atoms with E-state index in [1.807, 2.05) is 0 Å². The van der Waals surface area contributed by atoms with Gasteiger partial charge in [0.1, 0.15) is 0 Å². The number of hydrogen-bond donors (Lipinski definition) is 0. The standard InChI is InChI=1S/C7H14B.W/c1-4-6(2)7(3)5-8;/h4,6-7H,5H2,1-3H3;/q-1;/t6-,7?;/m1./s1. The maximum Gasteiger partial charge on any atom is 0.0655 e. The Morgan fingerprint density at radius 1 is 1.44 bits per heavy atom.